The molecule has 0 saturated heterocycles. The average molecular weight is 300 g/mol. The Hall–Kier alpha value is -2.33. The van der Waals surface area contributed by atoms with Crippen molar-refractivity contribution in [2.75, 3.05) is 7.11 Å². The van der Waals surface area contributed by atoms with Crippen molar-refractivity contribution in [1.29, 1.82) is 0 Å². The predicted octanol–water partition coefficient (Wildman–Crippen LogP) is 3.68. The summed E-state index contributed by atoms with van der Waals surface area (Å²) in [5, 5.41) is 8.42. The van der Waals surface area contributed by atoms with Crippen molar-refractivity contribution in [3.63, 3.8) is 0 Å². The lowest BCUT2D eigenvalue weighted by Crippen LogP contribution is -2.00. The van der Waals surface area contributed by atoms with Crippen LogP contribution in [0.1, 0.15) is 5.69 Å². The summed E-state index contributed by atoms with van der Waals surface area (Å²) in [5.41, 5.74) is 3.57. The SMILES string of the molecule is COc1cccc(-n2nnc(CCl)c2-c2ccccc2)c1. The summed E-state index contributed by atoms with van der Waals surface area (Å²) in [6.45, 7) is 0. The van der Waals surface area contributed by atoms with E-state index in [-0.39, 0.29) is 0 Å². The molecule has 0 atom stereocenters. The fraction of sp³-hybridized carbons (Fsp3) is 0.125. The number of benzene rings is 2. The molecular formula is C16H14ClN3O. The minimum absolute atomic E-state index is 0.314. The van der Waals surface area contributed by atoms with E-state index in [1.807, 2.05) is 54.6 Å². The van der Waals surface area contributed by atoms with E-state index in [1.54, 1.807) is 11.8 Å². The van der Waals surface area contributed by atoms with Gasteiger partial charge in [-0.25, -0.2) is 4.68 Å². The Kier molecular flexibility index (Phi) is 3.88. The quantitative estimate of drug-likeness (QED) is 0.690. The molecule has 4 nitrogen and oxygen atoms in total. The molecule has 0 N–H and O–H groups in total. The zero-order chi connectivity index (χ0) is 14.7. The predicted molar refractivity (Wildman–Crippen MR) is 82.9 cm³/mol. The molecule has 21 heavy (non-hydrogen) atoms. The Balaban J connectivity index is 2.17. The third kappa shape index (κ3) is 2.62. The summed E-state index contributed by atoms with van der Waals surface area (Å²) in [6.07, 6.45) is 0. The standard InChI is InChI=1S/C16H14ClN3O/c1-21-14-9-5-8-13(10-14)20-16(15(11-17)18-19-20)12-6-3-2-4-7-12/h2-10H,11H2,1H3. The first-order chi connectivity index (χ1) is 10.3. The van der Waals surface area contributed by atoms with Gasteiger partial charge < -0.3 is 4.74 Å². The van der Waals surface area contributed by atoms with Gasteiger partial charge in [-0.05, 0) is 12.1 Å². The molecule has 2 aromatic carbocycles. The van der Waals surface area contributed by atoms with Crippen LogP contribution < -0.4 is 4.74 Å². The maximum atomic E-state index is 6.00. The first-order valence-electron chi connectivity index (χ1n) is 6.54. The van der Waals surface area contributed by atoms with Crippen molar-refractivity contribution in [3.8, 4) is 22.7 Å². The highest BCUT2D eigenvalue weighted by Crippen LogP contribution is 2.27. The highest BCUT2D eigenvalue weighted by atomic mass is 35.5. The number of aromatic nitrogens is 3. The molecule has 0 aliphatic carbocycles. The molecule has 106 valence electrons. The van der Waals surface area contributed by atoms with Crippen LogP contribution in [-0.4, -0.2) is 22.1 Å². The summed E-state index contributed by atoms with van der Waals surface area (Å²) < 4.78 is 7.05. The molecule has 0 amide bonds. The Morgan fingerprint density at radius 1 is 1.10 bits per heavy atom. The lowest BCUT2D eigenvalue weighted by atomic mass is 10.1. The molecule has 0 aliphatic rings. The number of rotatable bonds is 4. The number of nitrogens with zero attached hydrogens (tertiary/aromatic N) is 3. The Morgan fingerprint density at radius 3 is 2.62 bits per heavy atom. The molecule has 0 radical (unpaired) electrons. The van der Waals surface area contributed by atoms with Crippen molar-refractivity contribution in [1.82, 2.24) is 15.0 Å². The summed E-state index contributed by atoms with van der Waals surface area (Å²) in [6, 6.07) is 17.7. The average Bonchev–Trinajstić information content (AvgIpc) is 2.99. The molecule has 0 unspecified atom stereocenters. The van der Waals surface area contributed by atoms with Gasteiger partial charge in [0.05, 0.1) is 24.4 Å². The minimum atomic E-state index is 0.314. The second kappa shape index (κ2) is 5.97. The molecule has 0 saturated carbocycles. The van der Waals surface area contributed by atoms with Gasteiger partial charge in [0.25, 0.3) is 0 Å². The Bertz CT molecular complexity index is 740. The third-order valence-corrected chi connectivity index (χ3v) is 3.46. The van der Waals surface area contributed by atoms with Crippen LogP contribution >= 0.6 is 11.6 Å². The van der Waals surface area contributed by atoms with Crippen LogP contribution in [0.3, 0.4) is 0 Å². The van der Waals surface area contributed by atoms with E-state index in [0.717, 1.165) is 28.4 Å². The molecule has 3 rings (SSSR count). The second-order valence-electron chi connectivity index (χ2n) is 4.50. The van der Waals surface area contributed by atoms with E-state index < -0.39 is 0 Å². The number of methoxy groups -OCH3 is 1. The molecule has 0 aliphatic heterocycles. The van der Waals surface area contributed by atoms with Crippen molar-refractivity contribution in [2.45, 2.75) is 5.88 Å². The van der Waals surface area contributed by atoms with Gasteiger partial charge in [-0.2, -0.15) is 0 Å². The lowest BCUT2D eigenvalue weighted by molar-refractivity contribution is 0.414. The van der Waals surface area contributed by atoms with Gasteiger partial charge in [0, 0.05) is 11.6 Å². The molecule has 1 heterocycles. The summed E-state index contributed by atoms with van der Waals surface area (Å²) in [5.74, 6) is 1.09. The smallest absolute Gasteiger partial charge is 0.121 e. The number of halogens is 1. The highest BCUT2D eigenvalue weighted by molar-refractivity contribution is 6.17. The van der Waals surface area contributed by atoms with Gasteiger partial charge in [0.2, 0.25) is 0 Å². The zero-order valence-electron chi connectivity index (χ0n) is 11.5. The number of alkyl halides is 1. The molecule has 5 heteroatoms. The van der Waals surface area contributed by atoms with E-state index in [4.69, 9.17) is 16.3 Å². The number of ether oxygens (including phenoxy) is 1. The molecule has 1 aromatic heterocycles. The minimum Gasteiger partial charge on any atom is -0.497 e. The van der Waals surface area contributed by atoms with Crippen LogP contribution in [0, 0.1) is 0 Å². The van der Waals surface area contributed by atoms with Crippen molar-refractivity contribution in [2.24, 2.45) is 0 Å². The van der Waals surface area contributed by atoms with Gasteiger partial charge >= 0.3 is 0 Å². The Labute approximate surface area is 127 Å². The molecule has 0 fully saturated rings. The maximum absolute atomic E-state index is 6.00. The normalized spacial score (nSPS) is 10.6. The zero-order valence-corrected chi connectivity index (χ0v) is 12.3. The fourth-order valence-corrected chi connectivity index (χ4v) is 2.39. The molecular weight excluding hydrogens is 286 g/mol. The van der Waals surface area contributed by atoms with Gasteiger partial charge in [0.15, 0.2) is 0 Å². The fourth-order valence-electron chi connectivity index (χ4n) is 2.21. The number of hydrogen-bond acceptors (Lipinski definition) is 3. The van der Waals surface area contributed by atoms with E-state index in [9.17, 15) is 0 Å². The highest BCUT2D eigenvalue weighted by Gasteiger charge is 2.15. The van der Waals surface area contributed by atoms with Crippen LogP contribution in [0.5, 0.6) is 5.75 Å². The van der Waals surface area contributed by atoms with Crippen LogP contribution in [0.15, 0.2) is 54.6 Å². The van der Waals surface area contributed by atoms with Crippen LogP contribution in [0.4, 0.5) is 0 Å². The van der Waals surface area contributed by atoms with Crippen LogP contribution in [0.25, 0.3) is 16.9 Å². The summed E-state index contributed by atoms with van der Waals surface area (Å²) >= 11 is 6.00. The molecule has 0 bridgehead atoms. The van der Waals surface area contributed by atoms with E-state index in [2.05, 4.69) is 10.3 Å². The van der Waals surface area contributed by atoms with Crippen molar-refractivity contribution in [3.05, 3.63) is 60.3 Å². The first-order valence-corrected chi connectivity index (χ1v) is 7.07. The topological polar surface area (TPSA) is 39.9 Å². The van der Waals surface area contributed by atoms with Crippen molar-refractivity contribution >= 4 is 11.6 Å². The first kappa shape index (κ1) is 13.6. The van der Waals surface area contributed by atoms with E-state index >= 15 is 0 Å². The van der Waals surface area contributed by atoms with E-state index in [0.29, 0.717) is 5.88 Å². The van der Waals surface area contributed by atoms with Gasteiger partial charge in [-0.3, -0.25) is 0 Å². The number of hydrogen-bond donors (Lipinski definition) is 0. The van der Waals surface area contributed by atoms with Crippen molar-refractivity contribution < 1.29 is 4.74 Å². The van der Waals surface area contributed by atoms with Gasteiger partial charge in [-0.15, -0.1) is 16.7 Å². The monoisotopic (exact) mass is 299 g/mol. The molecule has 3 aromatic rings. The van der Waals surface area contributed by atoms with Gasteiger partial charge in [-0.1, -0.05) is 41.6 Å². The largest absolute Gasteiger partial charge is 0.497 e. The lowest BCUT2D eigenvalue weighted by Gasteiger charge is -2.09. The summed E-state index contributed by atoms with van der Waals surface area (Å²) in [4.78, 5) is 0. The van der Waals surface area contributed by atoms with Crippen LogP contribution in [0.2, 0.25) is 0 Å². The maximum Gasteiger partial charge on any atom is 0.121 e. The summed E-state index contributed by atoms with van der Waals surface area (Å²) in [7, 11) is 1.64. The molecule has 0 spiro atoms. The Morgan fingerprint density at radius 2 is 1.90 bits per heavy atom. The second-order valence-corrected chi connectivity index (χ2v) is 4.76. The third-order valence-electron chi connectivity index (χ3n) is 3.21. The van der Waals surface area contributed by atoms with E-state index in [1.165, 1.54) is 0 Å². The van der Waals surface area contributed by atoms with Gasteiger partial charge in [0.1, 0.15) is 11.4 Å². The van der Waals surface area contributed by atoms with Crippen LogP contribution in [-0.2, 0) is 5.88 Å².